The van der Waals surface area contributed by atoms with Crippen LogP contribution in [0.4, 0.5) is 5.69 Å². The van der Waals surface area contributed by atoms with E-state index in [0.29, 0.717) is 40.0 Å². The number of hydrazine groups is 1. The lowest BCUT2D eigenvalue weighted by molar-refractivity contribution is -0.117. The van der Waals surface area contributed by atoms with E-state index in [0.717, 1.165) is 5.56 Å². The lowest BCUT2D eigenvalue weighted by Crippen LogP contribution is -2.35. The van der Waals surface area contributed by atoms with Gasteiger partial charge in [-0.05, 0) is 53.6 Å². The van der Waals surface area contributed by atoms with E-state index in [2.05, 4.69) is 5.43 Å². The molecule has 0 aliphatic carbocycles. The quantitative estimate of drug-likeness (QED) is 0.414. The number of carbonyl (C=O) groups is 2. The molecule has 1 fully saturated rings. The van der Waals surface area contributed by atoms with Gasteiger partial charge in [0, 0.05) is 0 Å². The summed E-state index contributed by atoms with van der Waals surface area (Å²) in [6.07, 6.45) is 1.49. The molecule has 5 rings (SSSR count). The molecular formula is C26H22N2O7. The molecule has 0 atom stereocenters. The number of ether oxygens (including phenoxy) is 5. The molecule has 9 nitrogen and oxygen atoms in total. The molecule has 0 aromatic heterocycles. The fourth-order valence-corrected chi connectivity index (χ4v) is 3.79. The monoisotopic (exact) mass is 474 g/mol. The zero-order valence-corrected chi connectivity index (χ0v) is 19.1. The second-order valence-corrected chi connectivity index (χ2v) is 7.71. The molecular weight excluding hydrogens is 452 g/mol. The molecule has 2 aliphatic heterocycles. The molecule has 0 bridgehead atoms. The molecule has 1 saturated heterocycles. The van der Waals surface area contributed by atoms with E-state index >= 15 is 0 Å². The molecule has 0 spiro atoms. The molecule has 178 valence electrons. The van der Waals surface area contributed by atoms with Gasteiger partial charge >= 0.3 is 0 Å². The molecule has 3 aromatic carbocycles. The average Bonchev–Trinajstić information content (AvgIpc) is 3.47. The highest BCUT2D eigenvalue weighted by Gasteiger charge is 2.34. The number of hydrogen-bond donors (Lipinski definition) is 1. The summed E-state index contributed by atoms with van der Waals surface area (Å²) in [6, 6.07) is 17.8. The van der Waals surface area contributed by atoms with Gasteiger partial charge in [-0.25, -0.2) is 5.01 Å². The van der Waals surface area contributed by atoms with Crippen molar-refractivity contribution in [2.45, 2.75) is 6.61 Å². The Balaban J connectivity index is 1.40. The predicted octanol–water partition coefficient (Wildman–Crippen LogP) is 3.47. The minimum absolute atomic E-state index is 0.00742. The lowest BCUT2D eigenvalue weighted by Gasteiger charge is -2.16. The van der Waals surface area contributed by atoms with Gasteiger partial charge in [-0.3, -0.25) is 15.0 Å². The summed E-state index contributed by atoms with van der Waals surface area (Å²) >= 11 is 0. The Hall–Kier alpha value is -4.66. The number of rotatable bonds is 7. The van der Waals surface area contributed by atoms with Gasteiger partial charge in [0.1, 0.15) is 12.2 Å². The van der Waals surface area contributed by atoms with E-state index in [1.807, 2.05) is 24.3 Å². The molecule has 2 aliphatic rings. The number of carbonyl (C=O) groups excluding carboxylic acids is 2. The summed E-state index contributed by atoms with van der Waals surface area (Å²) in [5.41, 5.74) is 4.56. The second-order valence-electron chi connectivity index (χ2n) is 7.71. The van der Waals surface area contributed by atoms with E-state index in [9.17, 15) is 9.59 Å². The highest BCUT2D eigenvalue weighted by molar-refractivity contribution is 6.31. The van der Waals surface area contributed by atoms with Crippen LogP contribution in [0.2, 0.25) is 0 Å². The average molecular weight is 474 g/mol. The topological polar surface area (TPSA) is 95.6 Å². The summed E-state index contributed by atoms with van der Waals surface area (Å²) in [5.74, 6) is 1.57. The first-order valence-corrected chi connectivity index (χ1v) is 10.8. The number of methoxy groups -OCH3 is 2. The van der Waals surface area contributed by atoms with Crippen LogP contribution in [0.1, 0.15) is 11.1 Å². The second kappa shape index (κ2) is 9.30. The third-order valence-electron chi connectivity index (χ3n) is 5.52. The van der Waals surface area contributed by atoms with E-state index in [4.69, 9.17) is 23.7 Å². The predicted molar refractivity (Wildman–Crippen MR) is 126 cm³/mol. The summed E-state index contributed by atoms with van der Waals surface area (Å²) in [6.45, 7) is 0.429. The Labute approximate surface area is 201 Å². The third-order valence-corrected chi connectivity index (χ3v) is 5.52. The van der Waals surface area contributed by atoms with Crippen LogP contribution >= 0.6 is 0 Å². The highest BCUT2D eigenvalue weighted by atomic mass is 16.7. The molecule has 0 unspecified atom stereocenters. The summed E-state index contributed by atoms with van der Waals surface area (Å²) in [4.78, 5) is 25.4. The van der Waals surface area contributed by atoms with Crippen LogP contribution in [0.5, 0.6) is 28.7 Å². The largest absolute Gasteiger partial charge is 0.493 e. The Morgan fingerprint density at radius 3 is 2.37 bits per heavy atom. The zero-order valence-electron chi connectivity index (χ0n) is 19.1. The summed E-state index contributed by atoms with van der Waals surface area (Å²) in [7, 11) is 3.01. The Morgan fingerprint density at radius 2 is 1.66 bits per heavy atom. The Bertz CT molecular complexity index is 1300. The molecule has 35 heavy (non-hydrogen) atoms. The maximum atomic E-state index is 12.9. The van der Waals surface area contributed by atoms with Gasteiger partial charge in [-0.1, -0.05) is 24.3 Å². The van der Waals surface area contributed by atoms with Crippen molar-refractivity contribution in [1.82, 2.24) is 5.43 Å². The fraction of sp³-hybridized carbons (Fsp3) is 0.154. The minimum Gasteiger partial charge on any atom is -0.493 e. The zero-order chi connectivity index (χ0) is 24.4. The first-order chi connectivity index (χ1) is 17.1. The van der Waals surface area contributed by atoms with Gasteiger partial charge in [-0.15, -0.1) is 0 Å². The first kappa shape index (κ1) is 22.1. The van der Waals surface area contributed by atoms with Crippen molar-refractivity contribution in [2.75, 3.05) is 26.0 Å². The SMILES string of the molecule is COc1cc(C=C2C(=O)NN(c3ccccc3)C2=O)cc(OC)c1OCc1ccc2c(c1)OCO2. The van der Waals surface area contributed by atoms with Crippen molar-refractivity contribution in [2.24, 2.45) is 0 Å². The maximum absolute atomic E-state index is 12.9. The maximum Gasteiger partial charge on any atom is 0.282 e. The van der Waals surface area contributed by atoms with Crippen molar-refractivity contribution in [3.63, 3.8) is 0 Å². The van der Waals surface area contributed by atoms with Crippen molar-refractivity contribution < 1.29 is 33.3 Å². The summed E-state index contributed by atoms with van der Waals surface area (Å²) < 4.78 is 27.8. The van der Waals surface area contributed by atoms with Crippen molar-refractivity contribution in [1.29, 1.82) is 0 Å². The lowest BCUT2D eigenvalue weighted by atomic mass is 10.1. The van der Waals surface area contributed by atoms with Gasteiger partial charge in [0.2, 0.25) is 12.5 Å². The number of amides is 2. The standard InChI is InChI=1S/C26H22N2O7/c1-31-22-12-17(10-19-25(29)27-28(26(19)30)18-6-4-3-5-7-18)13-23(32-2)24(22)33-14-16-8-9-20-21(11-16)35-15-34-20/h3-13H,14-15H2,1-2H3,(H,27,29). The first-order valence-electron chi connectivity index (χ1n) is 10.8. The van der Waals surface area contributed by atoms with Crippen LogP contribution < -0.4 is 34.1 Å². The van der Waals surface area contributed by atoms with E-state index in [-0.39, 0.29) is 19.0 Å². The van der Waals surface area contributed by atoms with Gasteiger partial charge in [0.05, 0.1) is 19.9 Å². The van der Waals surface area contributed by atoms with Crippen LogP contribution in [0.25, 0.3) is 6.08 Å². The number of para-hydroxylation sites is 1. The molecule has 1 N–H and O–H groups in total. The van der Waals surface area contributed by atoms with E-state index in [1.54, 1.807) is 36.4 Å². The Morgan fingerprint density at radius 1 is 0.943 bits per heavy atom. The smallest absolute Gasteiger partial charge is 0.282 e. The molecule has 2 amide bonds. The van der Waals surface area contributed by atoms with Gasteiger partial charge < -0.3 is 23.7 Å². The van der Waals surface area contributed by atoms with Crippen molar-refractivity contribution in [3.8, 4) is 28.7 Å². The van der Waals surface area contributed by atoms with Crippen LogP contribution in [0.3, 0.4) is 0 Å². The summed E-state index contributed by atoms with van der Waals surface area (Å²) in [5, 5.41) is 1.21. The van der Waals surface area contributed by atoms with Crippen molar-refractivity contribution >= 4 is 23.6 Å². The molecule has 2 heterocycles. The van der Waals surface area contributed by atoms with Gasteiger partial charge in [-0.2, -0.15) is 0 Å². The molecule has 0 saturated carbocycles. The van der Waals surface area contributed by atoms with Gasteiger partial charge in [0.25, 0.3) is 11.8 Å². The van der Waals surface area contributed by atoms with Crippen molar-refractivity contribution in [3.05, 3.63) is 77.4 Å². The Kier molecular flexibility index (Phi) is 5.88. The normalized spacial score (nSPS) is 15.4. The van der Waals surface area contributed by atoms with E-state index < -0.39 is 11.8 Å². The number of nitrogens with one attached hydrogen (secondary N) is 1. The van der Waals surface area contributed by atoms with Crippen LogP contribution in [-0.2, 0) is 16.2 Å². The molecule has 3 aromatic rings. The molecule has 9 heteroatoms. The van der Waals surface area contributed by atoms with Crippen LogP contribution in [-0.4, -0.2) is 32.8 Å². The third kappa shape index (κ3) is 4.31. The minimum atomic E-state index is -0.500. The number of benzene rings is 3. The molecule has 0 radical (unpaired) electrons. The highest BCUT2D eigenvalue weighted by Crippen LogP contribution is 2.40. The van der Waals surface area contributed by atoms with Crippen LogP contribution in [0, 0.1) is 0 Å². The number of hydrogen-bond acceptors (Lipinski definition) is 7. The number of nitrogens with zero attached hydrogens (tertiary/aromatic N) is 1. The van der Waals surface area contributed by atoms with Gasteiger partial charge in [0.15, 0.2) is 23.0 Å². The number of fused-ring (bicyclic) bond motifs is 1. The van der Waals surface area contributed by atoms with Crippen LogP contribution in [0.15, 0.2) is 66.2 Å². The number of anilines is 1. The van der Waals surface area contributed by atoms with E-state index in [1.165, 1.54) is 25.3 Å². The fourth-order valence-electron chi connectivity index (χ4n) is 3.79.